The summed E-state index contributed by atoms with van der Waals surface area (Å²) >= 11 is 1.03. The van der Waals surface area contributed by atoms with Crippen molar-refractivity contribution in [3.63, 3.8) is 0 Å². The number of ether oxygens (including phenoxy) is 2. The number of aromatic amines is 1. The summed E-state index contributed by atoms with van der Waals surface area (Å²) in [4.78, 5) is 33.5. The standard InChI is InChI=1S/C30H32N4O4S/c1-18(2)17-34(4)21-7-11-23(12-8-21)38-24-13-14-25-26(16-24)32-28(31-25)19(3)37-22-9-5-20(6-10-22)15-27-29(35)33-30(36)39-27/h5-14,16,18-19,27H,15,17H2,1-4H3,(H,31,32)(H,33,35,36). The third-order valence-corrected chi connectivity index (χ3v) is 7.41. The van der Waals surface area contributed by atoms with Gasteiger partial charge in [-0.2, -0.15) is 0 Å². The number of hydrogen-bond donors (Lipinski definition) is 2. The van der Waals surface area contributed by atoms with Crippen LogP contribution in [0.15, 0.2) is 66.7 Å². The van der Waals surface area contributed by atoms with Crippen LogP contribution in [0.5, 0.6) is 17.2 Å². The molecule has 202 valence electrons. The number of nitrogens with zero attached hydrogens (tertiary/aromatic N) is 2. The highest BCUT2D eigenvalue weighted by atomic mass is 32.2. The lowest BCUT2D eigenvalue weighted by Gasteiger charge is -2.21. The molecule has 1 aromatic heterocycles. The van der Waals surface area contributed by atoms with Gasteiger partial charge in [-0.15, -0.1) is 0 Å². The molecule has 2 amide bonds. The van der Waals surface area contributed by atoms with E-state index in [1.165, 1.54) is 0 Å². The second-order valence-corrected chi connectivity index (χ2v) is 11.3. The van der Waals surface area contributed by atoms with Crippen molar-refractivity contribution in [1.29, 1.82) is 0 Å². The minimum Gasteiger partial charge on any atom is -0.483 e. The summed E-state index contributed by atoms with van der Waals surface area (Å²) in [5, 5.41) is 1.65. The number of fused-ring (bicyclic) bond motifs is 1. The van der Waals surface area contributed by atoms with Crippen molar-refractivity contribution in [2.75, 3.05) is 18.5 Å². The van der Waals surface area contributed by atoms with Gasteiger partial charge in [-0.25, -0.2) is 4.98 Å². The molecular weight excluding hydrogens is 512 g/mol. The molecule has 2 N–H and O–H groups in total. The fraction of sp³-hybridized carbons (Fsp3) is 0.300. The summed E-state index contributed by atoms with van der Waals surface area (Å²) in [5.41, 5.74) is 3.81. The van der Waals surface area contributed by atoms with Gasteiger partial charge in [0.2, 0.25) is 5.91 Å². The highest BCUT2D eigenvalue weighted by molar-refractivity contribution is 8.15. The van der Waals surface area contributed by atoms with E-state index >= 15 is 0 Å². The molecule has 0 aliphatic carbocycles. The smallest absolute Gasteiger partial charge is 0.286 e. The Bertz CT molecular complexity index is 1470. The van der Waals surface area contributed by atoms with Crippen LogP contribution in [0.1, 0.15) is 38.3 Å². The minimum absolute atomic E-state index is 0.236. The first-order chi connectivity index (χ1) is 18.7. The summed E-state index contributed by atoms with van der Waals surface area (Å²) in [6, 6.07) is 21.4. The first-order valence-electron chi connectivity index (χ1n) is 13.0. The van der Waals surface area contributed by atoms with E-state index in [4.69, 9.17) is 14.5 Å². The Morgan fingerprint density at radius 3 is 2.31 bits per heavy atom. The molecule has 3 aromatic carbocycles. The molecule has 2 unspecified atom stereocenters. The van der Waals surface area contributed by atoms with Crippen molar-refractivity contribution in [3.8, 4) is 17.2 Å². The lowest BCUT2D eigenvalue weighted by atomic mass is 10.1. The number of anilines is 1. The van der Waals surface area contributed by atoms with Crippen LogP contribution in [0.2, 0.25) is 0 Å². The number of imide groups is 1. The van der Waals surface area contributed by atoms with Crippen LogP contribution >= 0.6 is 11.8 Å². The van der Waals surface area contributed by atoms with Crippen LogP contribution in [0.4, 0.5) is 10.5 Å². The average Bonchev–Trinajstić information content (AvgIpc) is 3.47. The van der Waals surface area contributed by atoms with Crippen LogP contribution in [0.25, 0.3) is 11.0 Å². The molecule has 5 rings (SSSR count). The number of imidazole rings is 1. The Labute approximate surface area is 232 Å². The molecule has 39 heavy (non-hydrogen) atoms. The van der Waals surface area contributed by atoms with E-state index in [0.29, 0.717) is 23.9 Å². The van der Waals surface area contributed by atoms with Crippen LogP contribution in [0, 0.1) is 5.92 Å². The fourth-order valence-corrected chi connectivity index (χ4v) is 5.39. The summed E-state index contributed by atoms with van der Waals surface area (Å²) in [5.74, 6) is 3.26. The molecule has 4 aromatic rings. The molecule has 2 heterocycles. The number of rotatable bonds is 10. The Balaban J connectivity index is 1.20. The largest absolute Gasteiger partial charge is 0.483 e. The van der Waals surface area contributed by atoms with Crippen molar-refractivity contribution in [2.24, 2.45) is 5.92 Å². The van der Waals surface area contributed by atoms with Gasteiger partial charge < -0.3 is 19.4 Å². The summed E-state index contributed by atoms with van der Waals surface area (Å²) in [6.07, 6.45) is 0.183. The maximum Gasteiger partial charge on any atom is 0.286 e. The first-order valence-corrected chi connectivity index (χ1v) is 13.9. The van der Waals surface area contributed by atoms with Gasteiger partial charge in [0.25, 0.3) is 5.24 Å². The number of benzene rings is 3. The Kier molecular flexibility index (Phi) is 7.79. The average molecular weight is 545 g/mol. The van der Waals surface area contributed by atoms with E-state index in [-0.39, 0.29) is 22.5 Å². The van der Waals surface area contributed by atoms with Crippen LogP contribution in [-0.2, 0) is 11.2 Å². The first kappa shape index (κ1) is 26.6. The predicted octanol–water partition coefficient (Wildman–Crippen LogP) is 6.48. The number of carbonyl (C=O) groups excluding carboxylic acids is 2. The monoisotopic (exact) mass is 544 g/mol. The summed E-state index contributed by atoms with van der Waals surface area (Å²) in [6.45, 7) is 7.35. The van der Waals surface area contributed by atoms with Crippen LogP contribution in [0.3, 0.4) is 0 Å². The highest BCUT2D eigenvalue weighted by Gasteiger charge is 2.31. The lowest BCUT2D eigenvalue weighted by Crippen LogP contribution is -2.25. The zero-order valence-electron chi connectivity index (χ0n) is 22.4. The molecule has 8 nitrogen and oxygen atoms in total. The van der Waals surface area contributed by atoms with E-state index in [1.807, 2.05) is 61.5 Å². The zero-order valence-corrected chi connectivity index (χ0v) is 23.2. The minimum atomic E-state index is -0.386. The summed E-state index contributed by atoms with van der Waals surface area (Å²) < 4.78 is 12.2. The molecule has 0 spiro atoms. The lowest BCUT2D eigenvalue weighted by molar-refractivity contribution is -0.118. The second kappa shape index (κ2) is 11.4. The van der Waals surface area contributed by atoms with E-state index in [9.17, 15) is 9.59 Å². The number of thioether (sulfide) groups is 1. The normalized spacial score (nSPS) is 16.0. The van der Waals surface area contributed by atoms with E-state index in [2.05, 4.69) is 48.2 Å². The molecule has 0 radical (unpaired) electrons. The molecule has 1 aliphatic rings. The van der Waals surface area contributed by atoms with Crippen molar-refractivity contribution >= 4 is 39.6 Å². The molecule has 9 heteroatoms. The number of H-pyrrole nitrogens is 1. The van der Waals surface area contributed by atoms with E-state index < -0.39 is 0 Å². The molecule has 0 saturated carbocycles. The van der Waals surface area contributed by atoms with Gasteiger partial charge in [-0.3, -0.25) is 14.9 Å². The molecule has 2 atom stereocenters. The predicted molar refractivity (Wildman–Crippen MR) is 155 cm³/mol. The number of aromatic nitrogens is 2. The molecule has 1 saturated heterocycles. The van der Waals surface area contributed by atoms with Crippen molar-refractivity contribution in [1.82, 2.24) is 15.3 Å². The van der Waals surface area contributed by atoms with Crippen LogP contribution < -0.4 is 19.7 Å². The maximum atomic E-state index is 11.8. The van der Waals surface area contributed by atoms with E-state index in [0.717, 1.165) is 52.1 Å². The van der Waals surface area contributed by atoms with E-state index in [1.54, 1.807) is 0 Å². The number of amides is 2. The third kappa shape index (κ3) is 6.54. The van der Waals surface area contributed by atoms with Crippen molar-refractivity contribution in [2.45, 2.75) is 38.5 Å². The Hall–Kier alpha value is -3.98. The Morgan fingerprint density at radius 2 is 1.64 bits per heavy atom. The van der Waals surface area contributed by atoms with Gasteiger partial charge >= 0.3 is 0 Å². The van der Waals surface area contributed by atoms with Gasteiger partial charge in [0.05, 0.1) is 16.3 Å². The molecular formula is C30H32N4O4S. The molecule has 0 bridgehead atoms. The topological polar surface area (TPSA) is 96.6 Å². The van der Waals surface area contributed by atoms with Gasteiger partial charge in [0.15, 0.2) is 6.10 Å². The van der Waals surface area contributed by atoms with Crippen molar-refractivity contribution in [3.05, 3.63) is 78.1 Å². The SMILES string of the molecule is CC(C)CN(C)c1ccc(Oc2ccc3nc(C(C)Oc4ccc(CC5SC(=O)NC5=O)cc4)[nH]c3c2)cc1. The fourth-order valence-electron chi connectivity index (χ4n) is 4.53. The quantitative estimate of drug-likeness (QED) is 0.236. The molecule has 1 aliphatic heterocycles. The van der Waals surface area contributed by atoms with Gasteiger partial charge in [0.1, 0.15) is 23.1 Å². The second-order valence-electron chi connectivity index (χ2n) is 10.2. The van der Waals surface area contributed by atoms with Gasteiger partial charge in [-0.05, 0) is 73.4 Å². The van der Waals surface area contributed by atoms with Crippen LogP contribution in [-0.4, -0.2) is 40.0 Å². The zero-order chi connectivity index (χ0) is 27.5. The number of nitrogens with one attached hydrogen (secondary N) is 2. The Morgan fingerprint density at radius 1 is 0.949 bits per heavy atom. The van der Waals surface area contributed by atoms with Crippen molar-refractivity contribution < 1.29 is 19.1 Å². The summed E-state index contributed by atoms with van der Waals surface area (Å²) in [7, 11) is 2.10. The molecule has 1 fully saturated rings. The number of hydrogen-bond acceptors (Lipinski definition) is 7. The van der Waals surface area contributed by atoms with Gasteiger partial charge in [-0.1, -0.05) is 37.7 Å². The maximum absolute atomic E-state index is 11.8. The highest BCUT2D eigenvalue weighted by Crippen LogP contribution is 2.29. The third-order valence-electron chi connectivity index (χ3n) is 6.43. The number of carbonyl (C=O) groups is 2. The van der Waals surface area contributed by atoms with Gasteiger partial charge in [0, 0.05) is 25.3 Å².